The Labute approximate surface area is 179 Å². The Hall–Kier alpha value is -0.900. The van der Waals surface area contributed by atoms with Crippen molar-refractivity contribution in [3.8, 4) is 0 Å². The summed E-state index contributed by atoms with van der Waals surface area (Å²) in [7, 11) is 1.89. The van der Waals surface area contributed by atoms with E-state index in [9.17, 15) is 0 Å². The number of ether oxygens (including phenoxy) is 1. The molecule has 1 atom stereocenters. The van der Waals surface area contributed by atoms with Gasteiger partial charge in [0.25, 0.3) is 0 Å². The van der Waals surface area contributed by atoms with Gasteiger partial charge in [-0.2, -0.15) is 0 Å². The second-order valence-corrected chi connectivity index (χ2v) is 8.05. The molecule has 2 saturated heterocycles. The molecule has 152 valence electrons. The van der Waals surface area contributed by atoms with Gasteiger partial charge in [0.15, 0.2) is 5.96 Å². The van der Waals surface area contributed by atoms with Crippen LogP contribution in [0.15, 0.2) is 4.99 Å². The number of aryl methyl sites for hydroxylation is 2. The van der Waals surface area contributed by atoms with Crippen LogP contribution in [0.25, 0.3) is 0 Å². The normalized spacial score (nSPS) is 25.4. The lowest BCUT2D eigenvalue weighted by atomic mass is 9.87. The van der Waals surface area contributed by atoms with Crippen LogP contribution in [-0.2, 0) is 24.1 Å². The molecule has 27 heavy (non-hydrogen) atoms. The van der Waals surface area contributed by atoms with Crippen molar-refractivity contribution in [3.05, 3.63) is 11.6 Å². The molecule has 4 rings (SSSR count). The van der Waals surface area contributed by atoms with Crippen LogP contribution in [0.3, 0.4) is 0 Å². The maximum Gasteiger partial charge on any atom is 0.193 e. The molecule has 0 radical (unpaired) electrons. The van der Waals surface area contributed by atoms with E-state index in [0.29, 0.717) is 5.41 Å². The Morgan fingerprint density at radius 1 is 1.22 bits per heavy atom. The number of nitrogens with one attached hydrogen (secondary N) is 1. The molecule has 3 aliphatic heterocycles. The summed E-state index contributed by atoms with van der Waals surface area (Å²) in [6.45, 7) is 6.01. The van der Waals surface area contributed by atoms with E-state index in [1.54, 1.807) is 0 Å². The molecule has 1 spiro atoms. The fourth-order valence-electron chi connectivity index (χ4n) is 4.60. The molecule has 1 unspecified atom stereocenters. The van der Waals surface area contributed by atoms with Gasteiger partial charge >= 0.3 is 0 Å². The molecule has 7 nitrogen and oxygen atoms in total. The van der Waals surface area contributed by atoms with Gasteiger partial charge in [0, 0.05) is 58.1 Å². The lowest BCUT2D eigenvalue weighted by Gasteiger charge is -2.24. The van der Waals surface area contributed by atoms with Gasteiger partial charge in [0.05, 0.1) is 6.61 Å². The molecule has 0 aliphatic carbocycles. The number of hydrogen-bond acceptors (Lipinski definition) is 4. The largest absolute Gasteiger partial charge is 0.381 e. The van der Waals surface area contributed by atoms with E-state index in [-0.39, 0.29) is 24.0 Å². The minimum Gasteiger partial charge on any atom is -0.381 e. The van der Waals surface area contributed by atoms with Crippen molar-refractivity contribution in [2.24, 2.45) is 10.4 Å². The van der Waals surface area contributed by atoms with Crippen LogP contribution in [0.1, 0.15) is 50.2 Å². The number of guanidine groups is 1. The van der Waals surface area contributed by atoms with Crippen molar-refractivity contribution in [2.45, 2.75) is 57.9 Å². The van der Waals surface area contributed by atoms with E-state index in [4.69, 9.17) is 4.74 Å². The Balaban J connectivity index is 0.00000210. The summed E-state index contributed by atoms with van der Waals surface area (Å²) < 4.78 is 7.99. The lowest BCUT2D eigenvalue weighted by Crippen LogP contribution is -2.41. The lowest BCUT2D eigenvalue weighted by molar-refractivity contribution is 0.156. The monoisotopic (exact) mass is 488 g/mol. The first-order chi connectivity index (χ1) is 12.8. The van der Waals surface area contributed by atoms with E-state index in [1.807, 2.05) is 7.05 Å². The Morgan fingerprint density at radius 2 is 2.15 bits per heavy atom. The second-order valence-electron chi connectivity index (χ2n) is 8.05. The van der Waals surface area contributed by atoms with Gasteiger partial charge in [-0.25, -0.2) is 0 Å². The van der Waals surface area contributed by atoms with Crippen LogP contribution in [0.4, 0.5) is 0 Å². The third-order valence-electron chi connectivity index (χ3n) is 6.18. The second kappa shape index (κ2) is 9.54. The fourth-order valence-corrected chi connectivity index (χ4v) is 4.60. The molecular formula is C19H33IN6O. The summed E-state index contributed by atoms with van der Waals surface area (Å²) in [5.74, 6) is 3.37. The van der Waals surface area contributed by atoms with E-state index >= 15 is 0 Å². The zero-order valence-corrected chi connectivity index (χ0v) is 18.8. The number of likely N-dealkylation sites (tertiary alicyclic amines) is 1. The molecular weight excluding hydrogens is 455 g/mol. The Bertz CT molecular complexity index is 640. The molecule has 4 heterocycles. The van der Waals surface area contributed by atoms with E-state index in [2.05, 4.69) is 30.0 Å². The quantitative estimate of drug-likeness (QED) is 0.305. The van der Waals surface area contributed by atoms with Gasteiger partial charge in [0.2, 0.25) is 0 Å². The maximum absolute atomic E-state index is 5.64. The number of hydrogen-bond donors (Lipinski definition) is 1. The molecule has 8 heteroatoms. The third-order valence-corrected chi connectivity index (χ3v) is 6.18. The topological polar surface area (TPSA) is 67.6 Å². The third kappa shape index (κ3) is 4.75. The first-order valence-corrected chi connectivity index (χ1v) is 10.2. The van der Waals surface area contributed by atoms with Crippen LogP contribution >= 0.6 is 24.0 Å². The highest BCUT2D eigenvalue weighted by Crippen LogP contribution is 2.38. The van der Waals surface area contributed by atoms with E-state index in [0.717, 1.165) is 70.4 Å². The SMILES string of the molecule is CN=C(NCCCc1nnc2n1CCCCC2)N1CCC2(CCOC2)C1.I. The molecule has 1 aromatic heterocycles. The minimum absolute atomic E-state index is 0. The van der Waals surface area contributed by atoms with Crippen LogP contribution in [0.2, 0.25) is 0 Å². The van der Waals surface area contributed by atoms with Crippen molar-refractivity contribution in [1.29, 1.82) is 0 Å². The number of fused-ring (bicyclic) bond motifs is 1. The summed E-state index contributed by atoms with van der Waals surface area (Å²) in [4.78, 5) is 6.90. The predicted molar refractivity (Wildman–Crippen MR) is 117 cm³/mol. The first-order valence-electron chi connectivity index (χ1n) is 10.2. The van der Waals surface area contributed by atoms with Gasteiger partial charge in [0.1, 0.15) is 11.6 Å². The molecule has 0 saturated carbocycles. The molecule has 2 fully saturated rings. The van der Waals surface area contributed by atoms with Gasteiger partial charge in [-0.3, -0.25) is 4.99 Å². The molecule has 0 aromatic carbocycles. The van der Waals surface area contributed by atoms with Crippen LogP contribution in [0.5, 0.6) is 0 Å². The zero-order chi connectivity index (χ0) is 17.8. The van der Waals surface area contributed by atoms with E-state index < -0.39 is 0 Å². The average molecular weight is 488 g/mol. The standard InChI is InChI=1S/C19H32N6O.HI/c1-20-18(24-12-8-19(14-24)9-13-26-15-19)21-10-5-7-17-23-22-16-6-3-2-4-11-25(16)17;/h2-15H2,1H3,(H,20,21);1H. The van der Waals surface area contributed by atoms with Crippen LogP contribution < -0.4 is 5.32 Å². The summed E-state index contributed by atoms with van der Waals surface area (Å²) >= 11 is 0. The van der Waals surface area contributed by atoms with Crippen molar-refractivity contribution in [1.82, 2.24) is 25.0 Å². The van der Waals surface area contributed by atoms with Crippen molar-refractivity contribution in [3.63, 3.8) is 0 Å². The number of halogens is 1. The molecule has 0 amide bonds. The average Bonchev–Trinajstić information content (AvgIpc) is 3.34. The summed E-state index contributed by atoms with van der Waals surface area (Å²) in [6, 6.07) is 0. The summed E-state index contributed by atoms with van der Waals surface area (Å²) in [5.41, 5.74) is 0.372. The van der Waals surface area contributed by atoms with Gasteiger partial charge in [-0.1, -0.05) is 6.42 Å². The van der Waals surface area contributed by atoms with Gasteiger partial charge in [-0.05, 0) is 32.1 Å². The molecule has 3 aliphatic rings. The predicted octanol–water partition coefficient (Wildman–Crippen LogP) is 2.24. The van der Waals surface area contributed by atoms with Crippen LogP contribution in [0, 0.1) is 5.41 Å². The highest BCUT2D eigenvalue weighted by Gasteiger charge is 2.42. The first kappa shape index (κ1) is 20.8. The zero-order valence-electron chi connectivity index (χ0n) is 16.5. The number of aliphatic imine (C=N–C) groups is 1. The number of rotatable bonds is 4. The van der Waals surface area contributed by atoms with E-state index in [1.165, 1.54) is 37.9 Å². The summed E-state index contributed by atoms with van der Waals surface area (Å²) in [5, 5.41) is 12.4. The fraction of sp³-hybridized carbons (Fsp3) is 0.842. The highest BCUT2D eigenvalue weighted by atomic mass is 127. The number of aromatic nitrogens is 3. The molecule has 1 aromatic rings. The van der Waals surface area contributed by atoms with Gasteiger partial charge < -0.3 is 19.5 Å². The van der Waals surface area contributed by atoms with Crippen molar-refractivity contribution >= 4 is 29.9 Å². The number of nitrogens with zero attached hydrogens (tertiary/aromatic N) is 5. The smallest absolute Gasteiger partial charge is 0.193 e. The van der Waals surface area contributed by atoms with Gasteiger partial charge in [-0.15, -0.1) is 34.2 Å². The molecule has 1 N–H and O–H groups in total. The van der Waals surface area contributed by atoms with Crippen LogP contribution in [-0.4, -0.2) is 65.5 Å². The van der Waals surface area contributed by atoms with Crippen molar-refractivity contribution < 1.29 is 4.74 Å². The summed E-state index contributed by atoms with van der Waals surface area (Å²) in [6.07, 6.45) is 9.34. The Morgan fingerprint density at radius 3 is 2.96 bits per heavy atom. The minimum atomic E-state index is 0. The highest BCUT2D eigenvalue weighted by molar-refractivity contribution is 14.0. The molecule has 0 bridgehead atoms. The van der Waals surface area contributed by atoms with Crippen molar-refractivity contribution in [2.75, 3.05) is 39.9 Å². The Kier molecular flexibility index (Phi) is 7.35. The maximum atomic E-state index is 5.64.